The molecule has 0 bridgehead atoms. The second-order valence-electron chi connectivity index (χ2n) is 6.68. The molecule has 9 heteroatoms. The largest absolute Gasteiger partial charge is 0.478 e. The zero-order valence-corrected chi connectivity index (χ0v) is 14.7. The highest BCUT2D eigenvalue weighted by molar-refractivity contribution is 5.97. The van der Waals surface area contributed by atoms with Crippen LogP contribution in [0.5, 0.6) is 0 Å². The lowest BCUT2D eigenvalue weighted by Crippen LogP contribution is -2.42. The SMILES string of the molecule is O=C(O)c1ccc(-n2ccc3cc(C(=O)N4CCC(F)(F)CC4)cnc32)nc1. The molecule has 3 aromatic heterocycles. The van der Waals surface area contributed by atoms with Crippen LogP contribution in [-0.2, 0) is 0 Å². The van der Waals surface area contributed by atoms with Gasteiger partial charge in [0.05, 0.1) is 11.1 Å². The Labute approximate surface area is 158 Å². The number of carboxylic acid groups (broad SMARTS) is 1. The van der Waals surface area contributed by atoms with Gasteiger partial charge in [0.25, 0.3) is 11.8 Å². The van der Waals surface area contributed by atoms with E-state index in [0.29, 0.717) is 22.4 Å². The van der Waals surface area contributed by atoms with Crippen molar-refractivity contribution in [3.05, 3.63) is 54.0 Å². The normalized spacial score (nSPS) is 16.3. The number of hydrogen-bond acceptors (Lipinski definition) is 4. The minimum atomic E-state index is -2.71. The predicted octanol–water partition coefficient (Wildman–Crippen LogP) is 2.99. The maximum atomic E-state index is 13.3. The molecule has 28 heavy (non-hydrogen) atoms. The molecular formula is C19H16F2N4O3. The number of hydrogen-bond donors (Lipinski definition) is 1. The molecule has 4 rings (SSSR count). The Bertz CT molecular complexity index is 1050. The van der Waals surface area contributed by atoms with Crippen LogP contribution < -0.4 is 0 Å². The number of halogens is 2. The molecule has 1 aliphatic heterocycles. The molecule has 0 aliphatic carbocycles. The molecule has 1 N–H and O–H groups in total. The summed E-state index contributed by atoms with van der Waals surface area (Å²) in [5, 5.41) is 9.65. The standard InChI is InChI=1S/C19H16F2N4O3/c20-19(21)4-7-24(8-5-19)17(26)14-9-12-3-6-25(16(12)23-11-14)15-2-1-13(10-22-15)18(27)28/h1-3,6,9-11H,4-5,7-8H2,(H,27,28). The molecule has 144 valence electrons. The van der Waals surface area contributed by atoms with Crippen molar-refractivity contribution in [3.8, 4) is 5.82 Å². The van der Waals surface area contributed by atoms with Gasteiger partial charge in [-0.3, -0.25) is 9.36 Å². The number of nitrogens with zero attached hydrogens (tertiary/aromatic N) is 4. The number of fused-ring (bicyclic) bond motifs is 1. The van der Waals surface area contributed by atoms with Gasteiger partial charge in [0, 0.05) is 49.9 Å². The van der Waals surface area contributed by atoms with Gasteiger partial charge in [0.15, 0.2) is 0 Å². The molecule has 1 amide bonds. The van der Waals surface area contributed by atoms with Gasteiger partial charge in [-0.15, -0.1) is 0 Å². The van der Waals surface area contributed by atoms with Crippen LogP contribution in [0.3, 0.4) is 0 Å². The van der Waals surface area contributed by atoms with Gasteiger partial charge in [-0.05, 0) is 24.3 Å². The van der Waals surface area contributed by atoms with Gasteiger partial charge < -0.3 is 10.0 Å². The Balaban J connectivity index is 1.59. The number of aromatic carboxylic acids is 1. The van der Waals surface area contributed by atoms with Crippen LogP contribution in [0.1, 0.15) is 33.6 Å². The van der Waals surface area contributed by atoms with Crippen LogP contribution in [-0.4, -0.2) is 55.4 Å². The average Bonchev–Trinajstić information content (AvgIpc) is 3.10. The summed E-state index contributed by atoms with van der Waals surface area (Å²) in [6.07, 6.45) is 3.73. The Morgan fingerprint density at radius 3 is 2.39 bits per heavy atom. The summed E-state index contributed by atoms with van der Waals surface area (Å²) in [6.45, 7) is 0.0372. The van der Waals surface area contributed by atoms with E-state index in [1.807, 2.05) is 0 Å². The number of carboxylic acids is 1. The molecule has 7 nitrogen and oxygen atoms in total. The third-order valence-electron chi connectivity index (χ3n) is 4.80. The van der Waals surface area contributed by atoms with Crippen molar-refractivity contribution in [1.82, 2.24) is 19.4 Å². The molecule has 0 saturated carbocycles. The van der Waals surface area contributed by atoms with Crippen molar-refractivity contribution in [3.63, 3.8) is 0 Å². The van der Waals surface area contributed by atoms with Gasteiger partial charge in [0.1, 0.15) is 11.5 Å². The number of aromatic nitrogens is 3. The van der Waals surface area contributed by atoms with E-state index in [2.05, 4.69) is 9.97 Å². The minimum Gasteiger partial charge on any atom is -0.478 e. The Kier molecular flexibility index (Phi) is 4.29. The summed E-state index contributed by atoms with van der Waals surface area (Å²) in [6, 6.07) is 6.44. The van der Waals surface area contributed by atoms with Crippen molar-refractivity contribution < 1.29 is 23.5 Å². The van der Waals surface area contributed by atoms with Crippen LogP contribution in [0.15, 0.2) is 42.9 Å². The molecule has 0 aromatic carbocycles. The minimum absolute atomic E-state index is 0.0186. The van der Waals surface area contributed by atoms with Crippen molar-refractivity contribution in [2.75, 3.05) is 13.1 Å². The summed E-state index contributed by atoms with van der Waals surface area (Å²) in [7, 11) is 0. The Morgan fingerprint density at radius 2 is 1.75 bits per heavy atom. The van der Waals surface area contributed by atoms with Gasteiger partial charge >= 0.3 is 5.97 Å². The fraction of sp³-hybridized carbons (Fsp3) is 0.263. The summed E-state index contributed by atoms with van der Waals surface area (Å²) < 4.78 is 28.3. The van der Waals surface area contributed by atoms with Crippen LogP contribution in [0.25, 0.3) is 16.9 Å². The van der Waals surface area contributed by atoms with E-state index < -0.39 is 11.9 Å². The summed E-state index contributed by atoms with van der Waals surface area (Å²) in [4.78, 5) is 33.4. The van der Waals surface area contributed by atoms with E-state index in [1.54, 1.807) is 29.0 Å². The highest BCUT2D eigenvalue weighted by Gasteiger charge is 2.35. The van der Waals surface area contributed by atoms with Gasteiger partial charge in [-0.25, -0.2) is 23.5 Å². The van der Waals surface area contributed by atoms with E-state index >= 15 is 0 Å². The van der Waals surface area contributed by atoms with E-state index in [-0.39, 0.29) is 37.4 Å². The highest BCUT2D eigenvalue weighted by atomic mass is 19.3. The molecule has 0 atom stereocenters. The molecule has 4 heterocycles. The Morgan fingerprint density at radius 1 is 1.04 bits per heavy atom. The van der Waals surface area contributed by atoms with Gasteiger partial charge in [-0.2, -0.15) is 0 Å². The van der Waals surface area contributed by atoms with Crippen LogP contribution >= 0.6 is 0 Å². The Hall–Kier alpha value is -3.36. The lowest BCUT2D eigenvalue weighted by Gasteiger charge is -2.31. The molecule has 1 aliphatic rings. The molecule has 1 fully saturated rings. The van der Waals surface area contributed by atoms with E-state index in [1.165, 1.54) is 23.4 Å². The number of rotatable bonds is 3. The lowest BCUT2D eigenvalue weighted by atomic mass is 10.1. The fourth-order valence-corrected chi connectivity index (χ4v) is 3.20. The number of carbonyl (C=O) groups is 2. The summed E-state index contributed by atoms with van der Waals surface area (Å²) in [5.41, 5.74) is 0.968. The predicted molar refractivity (Wildman–Crippen MR) is 95.9 cm³/mol. The first-order valence-corrected chi connectivity index (χ1v) is 8.68. The van der Waals surface area contributed by atoms with E-state index in [0.717, 1.165) is 0 Å². The van der Waals surface area contributed by atoms with E-state index in [4.69, 9.17) is 5.11 Å². The number of likely N-dealkylation sites (tertiary alicyclic amines) is 1. The zero-order valence-electron chi connectivity index (χ0n) is 14.7. The van der Waals surface area contributed by atoms with Crippen LogP contribution in [0.2, 0.25) is 0 Å². The monoisotopic (exact) mass is 386 g/mol. The van der Waals surface area contributed by atoms with Gasteiger partial charge in [-0.1, -0.05) is 0 Å². The van der Waals surface area contributed by atoms with Gasteiger partial charge in [0.2, 0.25) is 0 Å². The molecule has 3 aromatic rings. The molecule has 0 radical (unpaired) electrons. The van der Waals surface area contributed by atoms with Crippen molar-refractivity contribution in [2.24, 2.45) is 0 Å². The first-order valence-electron chi connectivity index (χ1n) is 8.68. The van der Waals surface area contributed by atoms with E-state index in [9.17, 15) is 18.4 Å². The summed E-state index contributed by atoms with van der Waals surface area (Å²) in [5.74, 6) is -3.60. The smallest absolute Gasteiger partial charge is 0.337 e. The molecule has 1 saturated heterocycles. The third-order valence-corrected chi connectivity index (χ3v) is 4.80. The van der Waals surface area contributed by atoms with Crippen molar-refractivity contribution >= 4 is 22.9 Å². The number of carbonyl (C=O) groups excluding carboxylic acids is 1. The average molecular weight is 386 g/mol. The lowest BCUT2D eigenvalue weighted by molar-refractivity contribution is -0.0494. The maximum Gasteiger partial charge on any atom is 0.337 e. The molecule has 0 spiro atoms. The van der Waals surface area contributed by atoms with Crippen LogP contribution in [0.4, 0.5) is 8.78 Å². The molecular weight excluding hydrogens is 370 g/mol. The summed E-state index contributed by atoms with van der Waals surface area (Å²) >= 11 is 0. The zero-order chi connectivity index (χ0) is 19.9. The maximum absolute atomic E-state index is 13.3. The number of amides is 1. The van der Waals surface area contributed by atoms with Crippen molar-refractivity contribution in [2.45, 2.75) is 18.8 Å². The first kappa shape index (κ1) is 18.0. The second-order valence-corrected chi connectivity index (χ2v) is 6.68. The third kappa shape index (κ3) is 3.30. The number of piperidine rings is 1. The molecule has 0 unspecified atom stereocenters. The topological polar surface area (TPSA) is 88.3 Å². The highest BCUT2D eigenvalue weighted by Crippen LogP contribution is 2.28. The second kappa shape index (κ2) is 6.66. The fourth-order valence-electron chi connectivity index (χ4n) is 3.20. The first-order chi connectivity index (χ1) is 13.3. The number of pyridine rings is 2. The van der Waals surface area contributed by atoms with Crippen molar-refractivity contribution in [1.29, 1.82) is 0 Å². The quantitative estimate of drug-likeness (QED) is 0.748. The number of alkyl halides is 2. The van der Waals surface area contributed by atoms with Crippen LogP contribution in [0, 0.1) is 0 Å².